The van der Waals surface area contributed by atoms with Crippen LogP contribution in [0.3, 0.4) is 0 Å². The highest BCUT2D eigenvalue weighted by Crippen LogP contribution is 2.31. The van der Waals surface area contributed by atoms with Crippen molar-refractivity contribution in [2.75, 3.05) is 19.7 Å². The zero-order valence-corrected chi connectivity index (χ0v) is 13.1. The number of likely N-dealkylation sites (tertiary alicyclic amines) is 1. The highest BCUT2D eigenvalue weighted by Gasteiger charge is 2.28. The van der Waals surface area contributed by atoms with Crippen molar-refractivity contribution >= 4 is 0 Å². The molecule has 0 aliphatic carbocycles. The number of aliphatic hydroxyl groups is 1. The Morgan fingerprint density at radius 2 is 2.18 bits per heavy atom. The van der Waals surface area contributed by atoms with Gasteiger partial charge >= 0.3 is 0 Å². The second kappa shape index (κ2) is 6.58. The van der Waals surface area contributed by atoms with Crippen molar-refractivity contribution in [2.24, 2.45) is 0 Å². The normalized spacial score (nSPS) is 18.7. The molecular formula is C15H23N5O2. The molecule has 0 unspecified atom stereocenters. The van der Waals surface area contributed by atoms with Gasteiger partial charge in [-0.05, 0) is 45.8 Å². The minimum Gasteiger partial charge on any atom is -0.394 e. The lowest BCUT2D eigenvalue weighted by Gasteiger charge is -2.34. The summed E-state index contributed by atoms with van der Waals surface area (Å²) in [6.07, 6.45) is 3.98. The Balaban J connectivity index is 1.61. The summed E-state index contributed by atoms with van der Waals surface area (Å²) in [7, 11) is 0. The molecule has 1 aliphatic heterocycles. The fourth-order valence-electron chi connectivity index (χ4n) is 3.19. The number of hydrogen-bond acceptors (Lipinski definition) is 6. The summed E-state index contributed by atoms with van der Waals surface area (Å²) in [5, 5.41) is 17.3. The predicted octanol–water partition coefficient (Wildman–Crippen LogP) is 1.51. The SMILES string of the molecule is Cc1noc([C@H](C)N2CCC(c3ccnn3CCO)CC2)n1. The summed E-state index contributed by atoms with van der Waals surface area (Å²) in [6, 6.07) is 2.23. The molecule has 0 bridgehead atoms. The fourth-order valence-corrected chi connectivity index (χ4v) is 3.19. The van der Waals surface area contributed by atoms with E-state index >= 15 is 0 Å². The molecule has 22 heavy (non-hydrogen) atoms. The van der Waals surface area contributed by atoms with Crippen LogP contribution in [0.25, 0.3) is 0 Å². The maximum atomic E-state index is 9.11. The Morgan fingerprint density at radius 1 is 1.41 bits per heavy atom. The zero-order chi connectivity index (χ0) is 15.5. The molecule has 0 saturated carbocycles. The van der Waals surface area contributed by atoms with Crippen molar-refractivity contribution in [3.63, 3.8) is 0 Å². The minimum atomic E-state index is 0.126. The van der Waals surface area contributed by atoms with Gasteiger partial charge in [-0.2, -0.15) is 10.1 Å². The van der Waals surface area contributed by atoms with Crippen LogP contribution in [0.1, 0.15) is 49.1 Å². The van der Waals surface area contributed by atoms with Crippen LogP contribution in [0, 0.1) is 6.92 Å². The summed E-state index contributed by atoms with van der Waals surface area (Å²) in [6.45, 7) is 6.65. The lowest BCUT2D eigenvalue weighted by atomic mass is 9.92. The molecule has 1 saturated heterocycles. The third-order valence-electron chi connectivity index (χ3n) is 4.46. The van der Waals surface area contributed by atoms with Crippen molar-refractivity contribution < 1.29 is 9.63 Å². The van der Waals surface area contributed by atoms with Crippen LogP contribution in [0.15, 0.2) is 16.8 Å². The van der Waals surface area contributed by atoms with Crippen LogP contribution in [-0.2, 0) is 6.54 Å². The van der Waals surface area contributed by atoms with Crippen molar-refractivity contribution in [3.8, 4) is 0 Å². The van der Waals surface area contributed by atoms with E-state index in [4.69, 9.17) is 9.63 Å². The fraction of sp³-hybridized carbons (Fsp3) is 0.667. The van der Waals surface area contributed by atoms with E-state index in [1.807, 2.05) is 17.8 Å². The van der Waals surface area contributed by atoms with Crippen molar-refractivity contribution in [1.29, 1.82) is 0 Å². The molecule has 0 radical (unpaired) electrons. The molecule has 7 nitrogen and oxygen atoms in total. The van der Waals surface area contributed by atoms with Gasteiger partial charge in [-0.3, -0.25) is 9.58 Å². The smallest absolute Gasteiger partial charge is 0.243 e. The highest BCUT2D eigenvalue weighted by molar-refractivity contribution is 5.09. The second-order valence-electron chi connectivity index (χ2n) is 5.87. The summed E-state index contributed by atoms with van der Waals surface area (Å²) in [5.74, 6) is 1.88. The second-order valence-corrected chi connectivity index (χ2v) is 5.87. The molecule has 2 aromatic rings. The molecule has 1 fully saturated rings. The number of piperidine rings is 1. The highest BCUT2D eigenvalue weighted by atomic mass is 16.5. The molecule has 1 N–H and O–H groups in total. The van der Waals surface area contributed by atoms with Gasteiger partial charge in [-0.25, -0.2) is 0 Å². The van der Waals surface area contributed by atoms with Crippen LogP contribution in [0.2, 0.25) is 0 Å². The lowest BCUT2D eigenvalue weighted by molar-refractivity contribution is 0.134. The summed E-state index contributed by atoms with van der Waals surface area (Å²) < 4.78 is 7.21. The molecule has 3 rings (SSSR count). The first-order valence-corrected chi connectivity index (χ1v) is 7.86. The van der Waals surface area contributed by atoms with Gasteiger partial charge < -0.3 is 9.63 Å². The summed E-state index contributed by atoms with van der Waals surface area (Å²) in [5.41, 5.74) is 1.23. The first-order valence-electron chi connectivity index (χ1n) is 7.86. The maximum absolute atomic E-state index is 9.11. The molecule has 0 amide bonds. The van der Waals surface area contributed by atoms with E-state index in [2.05, 4.69) is 33.1 Å². The summed E-state index contributed by atoms with van der Waals surface area (Å²) >= 11 is 0. The van der Waals surface area contributed by atoms with E-state index in [-0.39, 0.29) is 12.6 Å². The Labute approximate surface area is 129 Å². The van der Waals surface area contributed by atoms with E-state index in [0.29, 0.717) is 24.2 Å². The Hall–Kier alpha value is -1.73. The Bertz CT molecular complexity index is 601. The third-order valence-corrected chi connectivity index (χ3v) is 4.46. The number of aryl methyl sites for hydroxylation is 1. The summed E-state index contributed by atoms with van der Waals surface area (Å²) in [4.78, 5) is 6.72. The molecule has 2 aromatic heterocycles. The zero-order valence-electron chi connectivity index (χ0n) is 13.1. The monoisotopic (exact) mass is 305 g/mol. The topological polar surface area (TPSA) is 80.2 Å². The predicted molar refractivity (Wildman–Crippen MR) is 80.3 cm³/mol. The van der Waals surface area contributed by atoms with Crippen LogP contribution in [0.5, 0.6) is 0 Å². The van der Waals surface area contributed by atoms with Gasteiger partial charge in [0, 0.05) is 17.8 Å². The first-order chi connectivity index (χ1) is 10.7. The Morgan fingerprint density at radius 3 is 2.82 bits per heavy atom. The van der Waals surface area contributed by atoms with Crippen LogP contribution < -0.4 is 0 Å². The average Bonchev–Trinajstić information content (AvgIpc) is 3.16. The van der Waals surface area contributed by atoms with Gasteiger partial charge in [-0.15, -0.1) is 0 Å². The van der Waals surface area contributed by atoms with Crippen molar-refractivity contribution in [1.82, 2.24) is 24.8 Å². The number of rotatable bonds is 5. The molecule has 120 valence electrons. The van der Waals surface area contributed by atoms with E-state index in [0.717, 1.165) is 25.9 Å². The number of hydrogen-bond donors (Lipinski definition) is 1. The van der Waals surface area contributed by atoms with Crippen LogP contribution in [0.4, 0.5) is 0 Å². The molecule has 1 aliphatic rings. The van der Waals surface area contributed by atoms with Gasteiger partial charge in [0.2, 0.25) is 5.89 Å². The average molecular weight is 305 g/mol. The molecule has 7 heteroatoms. The van der Waals surface area contributed by atoms with E-state index in [1.54, 1.807) is 0 Å². The first kappa shape index (κ1) is 15.2. The number of aromatic nitrogens is 4. The van der Waals surface area contributed by atoms with Gasteiger partial charge in [0.25, 0.3) is 0 Å². The minimum absolute atomic E-state index is 0.126. The number of aliphatic hydroxyl groups excluding tert-OH is 1. The van der Waals surface area contributed by atoms with Crippen LogP contribution >= 0.6 is 0 Å². The van der Waals surface area contributed by atoms with Crippen molar-refractivity contribution in [2.45, 2.75) is 45.2 Å². The molecular weight excluding hydrogens is 282 g/mol. The lowest BCUT2D eigenvalue weighted by Crippen LogP contribution is -2.35. The van der Waals surface area contributed by atoms with Crippen molar-refractivity contribution in [3.05, 3.63) is 29.7 Å². The van der Waals surface area contributed by atoms with Crippen LogP contribution in [-0.4, -0.2) is 49.6 Å². The largest absolute Gasteiger partial charge is 0.394 e. The molecule has 0 spiro atoms. The van der Waals surface area contributed by atoms with Gasteiger partial charge in [0.05, 0.1) is 19.2 Å². The van der Waals surface area contributed by atoms with Gasteiger partial charge in [0.15, 0.2) is 5.82 Å². The van der Waals surface area contributed by atoms with E-state index in [9.17, 15) is 0 Å². The Kier molecular flexibility index (Phi) is 4.54. The van der Waals surface area contributed by atoms with E-state index < -0.39 is 0 Å². The van der Waals surface area contributed by atoms with E-state index in [1.165, 1.54) is 5.69 Å². The third kappa shape index (κ3) is 3.05. The molecule has 0 aromatic carbocycles. The molecule has 3 heterocycles. The van der Waals surface area contributed by atoms with Gasteiger partial charge in [0.1, 0.15) is 0 Å². The van der Waals surface area contributed by atoms with Gasteiger partial charge in [-0.1, -0.05) is 5.16 Å². The standard InChI is InChI=1S/C15H23N5O2/c1-11(15-17-12(2)18-22-15)19-7-4-13(5-8-19)14-3-6-16-20(14)9-10-21/h3,6,11,13,21H,4-5,7-10H2,1-2H3/t11-/m0/s1. The molecule has 1 atom stereocenters. The maximum Gasteiger partial charge on any atom is 0.243 e. The number of nitrogens with zero attached hydrogens (tertiary/aromatic N) is 5. The quantitative estimate of drug-likeness (QED) is 0.902.